The minimum Gasteiger partial charge on any atom is -0.464 e. The molecule has 2 saturated heterocycles. The monoisotopic (exact) mass is 423 g/mol. The van der Waals surface area contributed by atoms with Crippen LogP contribution in [-0.2, 0) is 37.0 Å². The molecule has 6 nitrogen and oxygen atoms in total. The van der Waals surface area contributed by atoms with Crippen LogP contribution in [0.15, 0.2) is 60.7 Å². The molecule has 2 aromatic rings. The number of hydrogen-bond acceptors (Lipinski definition) is 5. The molecule has 6 heteroatoms. The number of hydrogen-bond donors (Lipinski definition) is 0. The lowest BCUT2D eigenvalue weighted by atomic mass is 9.83. The Balaban J connectivity index is 1.57. The number of rotatable bonds is 9. The Labute approximate surface area is 183 Å². The highest BCUT2D eigenvalue weighted by atomic mass is 16.6. The van der Waals surface area contributed by atoms with Gasteiger partial charge in [0.15, 0.2) is 6.10 Å². The Bertz CT molecular complexity index is 859. The third-order valence-electron chi connectivity index (χ3n) is 6.35. The van der Waals surface area contributed by atoms with Crippen molar-refractivity contribution in [3.8, 4) is 0 Å². The van der Waals surface area contributed by atoms with E-state index in [2.05, 4.69) is 6.92 Å². The van der Waals surface area contributed by atoms with Gasteiger partial charge in [0.2, 0.25) is 0 Å². The van der Waals surface area contributed by atoms with Crippen LogP contribution in [0.2, 0.25) is 0 Å². The summed E-state index contributed by atoms with van der Waals surface area (Å²) in [5.74, 6) is -0.0315. The summed E-state index contributed by atoms with van der Waals surface area (Å²) in [7, 11) is 0. The summed E-state index contributed by atoms with van der Waals surface area (Å²) >= 11 is 0. The number of amides is 1. The van der Waals surface area contributed by atoms with E-state index in [1.165, 1.54) is 0 Å². The largest absolute Gasteiger partial charge is 0.464 e. The predicted molar refractivity (Wildman–Crippen MR) is 115 cm³/mol. The van der Waals surface area contributed by atoms with Crippen molar-refractivity contribution >= 4 is 12.4 Å². The molecule has 2 aromatic carbocycles. The quantitative estimate of drug-likeness (QED) is 0.579. The van der Waals surface area contributed by atoms with Crippen molar-refractivity contribution in [1.82, 2.24) is 4.90 Å². The van der Waals surface area contributed by atoms with Gasteiger partial charge < -0.3 is 19.1 Å². The smallest absolute Gasteiger partial charge is 0.293 e. The Morgan fingerprint density at radius 2 is 1.58 bits per heavy atom. The molecule has 1 amide bonds. The fourth-order valence-corrected chi connectivity index (χ4v) is 4.87. The normalized spacial score (nSPS) is 27.7. The van der Waals surface area contributed by atoms with Gasteiger partial charge in [0.05, 0.1) is 19.3 Å². The zero-order valence-corrected chi connectivity index (χ0v) is 17.8. The molecule has 2 heterocycles. The van der Waals surface area contributed by atoms with Gasteiger partial charge in [-0.05, 0) is 17.5 Å². The molecule has 164 valence electrons. The fraction of sp³-hybridized carbons (Fsp3) is 0.440. The molecule has 0 unspecified atom stereocenters. The number of nitrogens with zero attached hydrogens (tertiary/aromatic N) is 1. The Morgan fingerprint density at radius 3 is 2.16 bits per heavy atom. The number of piperidine rings is 1. The first kappa shape index (κ1) is 21.5. The molecular formula is C25H29NO5. The first-order valence-corrected chi connectivity index (χ1v) is 10.9. The van der Waals surface area contributed by atoms with Crippen LogP contribution in [0.4, 0.5) is 0 Å². The van der Waals surface area contributed by atoms with Crippen LogP contribution in [-0.4, -0.2) is 48.2 Å². The molecule has 0 spiro atoms. The molecule has 4 rings (SSSR count). The number of carbonyl (C=O) groups is 2. The maximum Gasteiger partial charge on any atom is 0.293 e. The zero-order chi connectivity index (χ0) is 21.6. The first-order valence-electron chi connectivity index (χ1n) is 10.9. The van der Waals surface area contributed by atoms with E-state index in [4.69, 9.17) is 14.2 Å². The second-order valence-electron chi connectivity index (χ2n) is 8.13. The molecule has 2 fully saturated rings. The van der Waals surface area contributed by atoms with E-state index in [9.17, 15) is 9.59 Å². The van der Waals surface area contributed by atoms with Crippen LogP contribution < -0.4 is 0 Å². The van der Waals surface area contributed by atoms with Crippen molar-refractivity contribution in [1.29, 1.82) is 0 Å². The van der Waals surface area contributed by atoms with Gasteiger partial charge in [-0.25, -0.2) is 0 Å². The Morgan fingerprint density at radius 1 is 0.968 bits per heavy atom. The summed E-state index contributed by atoms with van der Waals surface area (Å²) in [5, 5.41) is 0. The number of ether oxygens (including phenoxy) is 3. The van der Waals surface area contributed by atoms with E-state index in [0.717, 1.165) is 17.5 Å². The average Bonchev–Trinajstić information content (AvgIpc) is 3.08. The van der Waals surface area contributed by atoms with Gasteiger partial charge in [-0.2, -0.15) is 0 Å². The molecular weight excluding hydrogens is 394 g/mol. The highest BCUT2D eigenvalue weighted by Crippen LogP contribution is 2.39. The molecule has 5 atom stereocenters. The summed E-state index contributed by atoms with van der Waals surface area (Å²) in [5.41, 5.74) is 2.05. The van der Waals surface area contributed by atoms with Crippen LogP contribution in [0.25, 0.3) is 0 Å². The van der Waals surface area contributed by atoms with Gasteiger partial charge in [-0.3, -0.25) is 9.59 Å². The van der Waals surface area contributed by atoms with Gasteiger partial charge in [0, 0.05) is 18.9 Å². The zero-order valence-electron chi connectivity index (χ0n) is 17.8. The van der Waals surface area contributed by atoms with Crippen molar-refractivity contribution in [2.75, 3.05) is 6.54 Å². The lowest BCUT2D eigenvalue weighted by molar-refractivity contribution is -0.147. The van der Waals surface area contributed by atoms with E-state index in [0.29, 0.717) is 32.7 Å². The summed E-state index contributed by atoms with van der Waals surface area (Å²) in [6, 6.07) is 19.6. The lowest BCUT2D eigenvalue weighted by Gasteiger charge is -2.42. The van der Waals surface area contributed by atoms with Crippen molar-refractivity contribution in [3.63, 3.8) is 0 Å². The summed E-state index contributed by atoms with van der Waals surface area (Å²) in [4.78, 5) is 26.2. The minimum absolute atomic E-state index is 0.00833. The molecule has 0 bridgehead atoms. The molecule has 0 aromatic heterocycles. The predicted octanol–water partition coefficient (Wildman–Crippen LogP) is 3.34. The molecule has 31 heavy (non-hydrogen) atoms. The molecule has 0 N–H and O–H groups in total. The summed E-state index contributed by atoms with van der Waals surface area (Å²) < 4.78 is 17.9. The van der Waals surface area contributed by atoms with Crippen molar-refractivity contribution in [2.45, 2.75) is 57.3 Å². The second-order valence-corrected chi connectivity index (χ2v) is 8.13. The Hall–Kier alpha value is -2.70. The van der Waals surface area contributed by atoms with Gasteiger partial charge in [0.1, 0.15) is 12.2 Å². The summed E-state index contributed by atoms with van der Waals surface area (Å²) in [6.07, 6.45) is 0.0875. The van der Waals surface area contributed by atoms with E-state index in [1.807, 2.05) is 65.6 Å². The highest BCUT2D eigenvalue weighted by molar-refractivity contribution is 5.85. The average molecular weight is 424 g/mol. The van der Waals surface area contributed by atoms with Crippen LogP contribution in [0.1, 0.15) is 30.9 Å². The van der Waals surface area contributed by atoms with Crippen LogP contribution >= 0.6 is 0 Å². The Kier molecular flexibility index (Phi) is 6.99. The number of fused-ring (bicyclic) bond motifs is 1. The topological polar surface area (TPSA) is 65.1 Å². The molecule has 0 aliphatic carbocycles. The van der Waals surface area contributed by atoms with Crippen LogP contribution in [0.3, 0.4) is 0 Å². The van der Waals surface area contributed by atoms with Crippen molar-refractivity contribution < 1.29 is 23.8 Å². The van der Waals surface area contributed by atoms with Gasteiger partial charge in [-0.15, -0.1) is 0 Å². The summed E-state index contributed by atoms with van der Waals surface area (Å²) in [6.45, 7) is 3.85. The van der Waals surface area contributed by atoms with E-state index >= 15 is 0 Å². The molecule has 0 saturated carbocycles. The number of carbonyl (C=O) groups excluding carboxylic acids is 2. The molecule has 2 aliphatic rings. The van der Waals surface area contributed by atoms with Crippen LogP contribution in [0.5, 0.6) is 0 Å². The first-order chi connectivity index (χ1) is 15.2. The van der Waals surface area contributed by atoms with Gasteiger partial charge >= 0.3 is 0 Å². The van der Waals surface area contributed by atoms with E-state index < -0.39 is 12.2 Å². The molecule has 0 radical (unpaired) electrons. The standard InChI is InChI=1S/C25H29NO5/c1-2-20-21(31-17-27)13-14-26-22(20)23(29-15-18-9-5-3-6-10-18)24(25(26)28)30-16-19-11-7-4-8-12-19/h3-12,17,20-24H,2,13-16H2,1H3/t20-,21+,22-,23-,24+/m0/s1. The van der Waals surface area contributed by atoms with E-state index in [1.54, 1.807) is 0 Å². The second kappa shape index (κ2) is 10.1. The van der Waals surface area contributed by atoms with Crippen LogP contribution in [0, 0.1) is 5.92 Å². The SMILES string of the molecule is CC[C@@H]1[C@H]2[C@H](OCc3ccccc3)[C@@H](OCc3ccccc3)C(=O)N2CC[C@H]1OC=O. The number of benzene rings is 2. The van der Waals surface area contributed by atoms with Crippen molar-refractivity contribution in [2.24, 2.45) is 5.92 Å². The maximum atomic E-state index is 13.3. The van der Waals surface area contributed by atoms with Crippen molar-refractivity contribution in [3.05, 3.63) is 71.8 Å². The van der Waals surface area contributed by atoms with E-state index in [-0.39, 0.29) is 24.0 Å². The molecule has 2 aliphatic heterocycles. The fourth-order valence-electron chi connectivity index (χ4n) is 4.87. The highest BCUT2D eigenvalue weighted by Gasteiger charge is 2.56. The van der Waals surface area contributed by atoms with Gasteiger partial charge in [0.25, 0.3) is 12.4 Å². The lowest BCUT2D eigenvalue weighted by Crippen LogP contribution is -2.53. The minimum atomic E-state index is -0.682. The van der Waals surface area contributed by atoms with Gasteiger partial charge in [-0.1, -0.05) is 67.6 Å². The third kappa shape index (κ3) is 4.65. The third-order valence-corrected chi connectivity index (χ3v) is 6.35. The maximum absolute atomic E-state index is 13.3.